The van der Waals surface area contributed by atoms with Crippen LogP contribution in [0.4, 0.5) is 0 Å². The second-order valence-corrected chi connectivity index (χ2v) is 6.68. The first kappa shape index (κ1) is 18.1. The van der Waals surface area contributed by atoms with Crippen molar-refractivity contribution >= 4 is 5.91 Å². The lowest BCUT2D eigenvalue weighted by Crippen LogP contribution is -2.49. The zero-order valence-electron chi connectivity index (χ0n) is 15.1. The Bertz CT molecular complexity index is 759. The third-order valence-corrected chi connectivity index (χ3v) is 4.82. The summed E-state index contributed by atoms with van der Waals surface area (Å²) in [5, 5.41) is 12.1. The van der Waals surface area contributed by atoms with Crippen LogP contribution in [-0.2, 0) is 11.3 Å². The molecule has 1 aliphatic heterocycles. The Balaban J connectivity index is 1.77. The molecule has 1 amide bonds. The number of nitrogens with zero attached hydrogens (tertiary/aromatic N) is 3. The van der Waals surface area contributed by atoms with Gasteiger partial charge in [0.15, 0.2) is 0 Å². The second-order valence-electron chi connectivity index (χ2n) is 6.68. The maximum Gasteiger partial charge on any atom is 0.242 e. The van der Waals surface area contributed by atoms with Crippen molar-refractivity contribution in [1.29, 1.82) is 5.26 Å². The Hall–Kier alpha value is -2.68. The standard InChI is InChI=1S/C21H24N4O/c1-24-11-13-25(14-12-24)20(19-9-7-17(15-22)8-10-19)21(26)23-16-18-5-3-2-4-6-18/h2-10,20H,11-14,16H2,1H3,(H,23,26). The van der Waals surface area contributed by atoms with Crippen LogP contribution in [0.2, 0.25) is 0 Å². The quantitative estimate of drug-likeness (QED) is 0.900. The lowest BCUT2D eigenvalue weighted by atomic mass is 10.0. The van der Waals surface area contributed by atoms with Gasteiger partial charge >= 0.3 is 0 Å². The molecule has 0 aliphatic carbocycles. The van der Waals surface area contributed by atoms with Gasteiger partial charge in [-0.05, 0) is 30.3 Å². The van der Waals surface area contributed by atoms with E-state index in [1.807, 2.05) is 42.5 Å². The van der Waals surface area contributed by atoms with Gasteiger partial charge in [-0.3, -0.25) is 9.69 Å². The van der Waals surface area contributed by atoms with Crippen molar-refractivity contribution in [3.05, 3.63) is 71.3 Å². The molecule has 0 saturated carbocycles. The monoisotopic (exact) mass is 348 g/mol. The normalized spacial score (nSPS) is 16.6. The number of benzene rings is 2. The van der Waals surface area contributed by atoms with Gasteiger partial charge in [-0.15, -0.1) is 0 Å². The van der Waals surface area contributed by atoms with Crippen LogP contribution in [0.5, 0.6) is 0 Å². The van der Waals surface area contributed by atoms with E-state index in [0.717, 1.165) is 37.3 Å². The van der Waals surface area contributed by atoms with E-state index in [1.54, 1.807) is 12.1 Å². The molecule has 1 saturated heterocycles. The van der Waals surface area contributed by atoms with Gasteiger partial charge in [0.1, 0.15) is 6.04 Å². The van der Waals surface area contributed by atoms with Crippen molar-refractivity contribution in [3.63, 3.8) is 0 Å². The topological polar surface area (TPSA) is 59.4 Å². The summed E-state index contributed by atoms with van der Waals surface area (Å²) >= 11 is 0. The highest BCUT2D eigenvalue weighted by molar-refractivity contribution is 5.83. The number of hydrogen-bond donors (Lipinski definition) is 1. The predicted octanol–water partition coefficient (Wildman–Crippen LogP) is 2.16. The third-order valence-electron chi connectivity index (χ3n) is 4.82. The summed E-state index contributed by atoms with van der Waals surface area (Å²) in [5.74, 6) is 0.00288. The van der Waals surface area contributed by atoms with Crippen molar-refractivity contribution in [2.75, 3.05) is 33.2 Å². The molecule has 1 heterocycles. The number of nitrogens with one attached hydrogen (secondary N) is 1. The summed E-state index contributed by atoms with van der Waals surface area (Å²) in [6, 6.07) is 19.1. The maximum atomic E-state index is 13.0. The number of likely N-dealkylation sites (N-methyl/N-ethyl adjacent to an activating group) is 1. The number of carbonyl (C=O) groups excluding carboxylic acids is 1. The smallest absolute Gasteiger partial charge is 0.242 e. The van der Waals surface area contributed by atoms with E-state index >= 15 is 0 Å². The molecule has 1 fully saturated rings. The summed E-state index contributed by atoms with van der Waals surface area (Å²) in [5.41, 5.74) is 2.62. The van der Waals surface area contributed by atoms with Gasteiger partial charge in [-0.25, -0.2) is 0 Å². The van der Waals surface area contributed by atoms with E-state index in [0.29, 0.717) is 12.1 Å². The zero-order valence-corrected chi connectivity index (χ0v) is 15.1. The Morgan fingerprint density at radius 1 is 1.08 bits per heavy atom. The van der Waals surface area contributed by atoms with E-state index in [9.17, 15) is 4.79 Å². The molecule has 3 rings (SSSR count). The van der Waals surface area contributed by atoms with Gasteiger partial charge in [-0.2, -0.15) is 5.26 Å². The molecule has 134 valence electrons. The van der Waals surface area contributed by atoms with E-state index < -0.39 is 0 Å². The lowest BCUT2D eigenvalue weighted by molar-refractivity contribution is -0.127. The average molecular weight is 348 g/mol. The highest BCUT2D eigenvalue weighted by Gasteiger charge is 2.29. The first-order chi connectivity index (χ1) is 12.7. The van der Waals surface area contributed by atoms with Gasteiger partial charge < -0.3 is 10.2 Å². The van der Waals surface area contributed by atoms with Crippen LogP contribution in [0.3, 0.4) is 0 Å². The van der Waals surface area contributed by atoms with Gasteiger partial charge in [0.2, 0.25) is 5.91 Å². The van der Waals surface area contributed by atoms with Crippen molar-refractivity contribution < 1.29 is 4.79 Å². The van der Waals surface area contributed by atoms with Crippen LogP contribution in [0.15, 0.2) is 54.6 Å². The van der Waals surface area contributed by atoms with Crippen molar-refractivity contribution in [3.8, 4) is 6.07 Å². The highest BCUT2D eigenvalue weighted by atomic mass is 16.2. The molecule has 2 aromatic carbocycles. The summed E-state index contributed by atoms with van der Waals surface area (Å²) in [6.07, 6.45) is 0. The molecule has 1 unspecified atom stereocenters. The van der Waals surface area contributed by atoms with Crippen LogP contribution in [0.25, 0.3) is 0 Å². The number of rotatable bonds is 5. The minimum Gasteiger partial charge on any atom is -0.350 e. The summed E-state index contributed by atoms with van der Waals surface area (Å²) in [7, 11) is 2.10. The van der Waals surface area contributed by atoms with E-state index in [2.05, 4.69) is 28.2 Å². The van der Waals surface area contributed by atoms with Crippen molar-refractivity contribution in [2.24, 2.45) is 0 Å². The number of hydrogen-bond acceptors (Lipinski definition) is 4. The molecule has 2 aromatic rings. The third kappa shape index (κ3) is 4.48. The Labute approximate surface area is 154 Å². The molecule has 0 aromatic heterocycles. The fourth-order valence-corrected chi connectivity index (χ4v) is 3.23. The molecule has 5 nitrogen and oxygen atoms in total. The summed E-state index contributed by atoms with van der Waals surface area (Å²) in [6.45, 7) is 4.09. The van der Waals surface area contributed by atoms with Gasteiger partial charge in [-0.1, -0.05) is 42.5 Å². The molecule has 26 heavy (non-hydrogen) atoms. The van der Waals surface area contributed by atoms with E-state index in [-0.39, 0.29) is 11.9 Å². The number of carbonyl (C=O) groups is 1. The summed E-state index contributed by atoms with van der Waals surface area (Å²) < 4.78 is 0. The van der Waals surface area contributed by atoms with E-state index in [1.165, 1.54) is 0 Å². The first-order valence-corrected chi connectivity index (χ1v) is 8.91. The van der Waals surface area contributed by atoms with Gasteiger partial charge in [0, 0.05) is 32.7 Å². The van der Waals surface area contributed by atoms with Crippen LogP contribution >= 0.6 is 0 Å². The van der Waals surface area contributed by atoms with Crippen molar-refractivity contribution in [1.82, 2.24) is 15.1 Å². The van der Waals surface area contributed by atoms with Crippen LogP contribution < -0.4 is 5.32 Å². The molecular formula is C21H24N4O. The van der Waals surface area contributed by atoms with Crippen LogP contribution in [0.1, 0.15) is 22.7 Å². The van der Waals surface area contributed by atoms with E-state index in [4.69, 9.17) is 5.26 Å². The van der Waals surface area contributed by atoms with Crippen molar-refractivity contribution in [2.45, 2.75) is 12.6 Å². The first-order valence-electron chi connectivity index (χ1n) is 8.91. The predicted molar refractivity (Wildman–Crippen MR) is 101 cm³/mol. The molecule has 1 aliphatic rings. The largest absolute Gasteiger partial charge is 0.350 e. The van der Waals surface area contributed by atoms with Crippen LogP contribution in [0, 0.1) is 11.3 Å². The SMILES string of the molecule is CN1CCN(C(C(=O)NCc2ccccc2)c2ccc(C#N)cc2)CC1. The minimum atomic E-state index is -0.333. The minimum absolute atomic E-state index is 0.00288. The molecule has 5 heteroatoms. The molecule has 0 spiro atoms. The average Bonchev–Trinajstić information content (AvgIpc) is 2.69. The van der Waals surface area contributed by atoms with Gasteiger partial charge in [0.25, 0.3) is 0 Å². The fraction of sp³-hybridized carbons (Fsp3) is 0.333. The molecular weight excluding hydrogens is 324 g/mol. The Morgan fingerprint density at radius 3 is 2.35 bits per heavy atom. The number of nitriles is 1. The molecule has 0 radical (unpaired) electrons. The Kier molecular flexibility index (Phi) is 6.00. The molecule has 0 bridgehead atoms. The molecule has 1 atom stereocenters. The number of amides is 1. The summed E-state index contributed by atoms with van der Waals surface area (Å²) in [4.78, 5) is 17.5. The fourth-order valence-electron chi connectivity index (χ4n) is 3.23. The molecule has 1 N–H and O–H groups in total. The zero-order chi connectivity index (χ0) is 18.4. The van der Waals surface area contributed by atoms with Crippen LogP contribution in [-0.4, -0.2) is 48.9 Å². The second kappa shape index (κ2) is 8.61. The number of piperazine rings is 1. The maximum absolute atomic E-state index is 13.0. The Morgan fingerprint density at radius 2 is 1.73 bits per heavy atom. The highest BCUT2D eigenvalue weighted by Crippen LogP contribution is 2.23. The lowest BCUT2D eigenvalue weighted by Gasteiger charge is -2.37. The van der Waals surface area contributed by atoms with Gasteiger partial charge in [0.05, 0.1) is 11.6 Å².